The van der Waals surface area contributed by atoms with Gasteiger partial charge in [-0.3, -0.25) is 14.4 Å². The van der Waals surface area contributed by atoms with E-state index in [0.29, 0.717) is 6.42 Å². The summed E-state index contributed by atoms with van der Waals surface area (Å²) in [6, 6.07) is 0. The molecule has 0 aliphatic rings. The number of carbonyl (C=O) groups is 3. The number of unbranched alkanes of at least 4 members (excludes halogenated alkanes) is 12. The van der Waals surface area contributed by atoms with E-state index in [1.165, 1.54) is 77.0 Å². The van der Waals surface area contributed by atoms with Crippen LogP contribution in [0.4, 0.5) is 0 Å². The van der Waals surface area contributed by atoms with Crippen LogP contribution in [0.1, 0.15) is 110 Å². The smallest absolute Gasteiger partial charge is 0.303 e. The Morgan fingerprint density at radius 3 is 1.15 bits per heavy atom. The molecule has 0 bridgehead atoms. The van der Waals surface area contributed by atoms with Crippen LogP contribution in [0.5, 0.6) is 0 Å². The van der Waals surface area contributed by atoms with Crippen LogP contribution in [-0.2, 0) is 14.4 Å². The average Bonchev–Trinajstić information content (AvgIpc) is 2.57. The van der Waals surface area contributed by atoms with E-state index in [1.807, 2.05) is 0 Å². The van der Waals surface area contributed by atoms with E-state index in [4.69, 9.17) is 15.9 Å². The molecule has 6 nitrogen and oxygen atoms in total. The first-order valence-electron chi connectivity index (χ1n) is 10.1. The summed E-state index contributed by atoms with van der Waals surface area (Å²) < 4.78 is 0. The zero-order valence-corrected chi connectivity index (χ0v) is 16.5. The van der Waals surface area contributed by atoms with E-state index < -0.39 is 11.9 Å². The van der Waals surface area contributed by atoms with Gasteiger partial charge in [-0.15, -0.1) is 0 Å². The molecule has 26 heavy (non-hydrogen) atoms. The number of rotatable bonds is 17. The standard InChI is InChI=1S/C16H33NO.C4H6O4/c1-2-3-4-5-6-7-8-9-10-11-12-13-14-15-16(17)18;5-3(6)1-2-4(7)8/h2-15H2,1H3,(H2,17,18);1-2H2,(H,5,6)(H,7,8). The van der Waals surface area contributed by atoms with Crippen LogP contribution in [0.15, 0.2) is 0 Å². The number of carboxylic acids is 2. The Balaban J connectivity index is 0. The molecule has 0 aliphatic heterocycles. The lowest BCUT2D eigenvalue weighted by atomic mass is 10.0. The molecule has 0 aromatic carbocycles. The SMILES string of the molecule is CCCCCCCCCCCCCCCC(N)=O.O=C(O)CCC(=O)O. The zero-order valence-electron chi connectivity index (χ0n) is 16.5. The van der Waals surface area contributed by atoms with Crippen molar-refractivity contribution in [3.8, 4) is 0 Å². The van der Waals surface area contributed by atoms with Crippen molar-refractivity contribution in [2.45, 2.75) is 110 Å². The summed E-state index contributed by atoms with van der Waals surface area (Å²) in [5.74, 6) is -2.31. The predicted octanol–water partition coefficient (Wildman–Crippen LogP) is 4.89. The molecule has 0 aliphatic carbocycles. The van der Waals surface area contributed by atoms with Gasteiger partial charge in [-0.2, -0.15) is 0 Å². The second-order valence-corrected chi connectivity index (χ2v) is 6.75. The van der Waals surface area contributed by atoms with Crippen molar-refractivity contribution in [2.24, 2.45) is 5.73 Å². The molecule has 0 atom stereocenters. The van der Waals surface area contributed by atoms with Gasteiger partial charge in [0.05, 0.1) is 12.8 Å². The van der Waals surface area contributed by atoms with Gasteiger partial charge in [-0.25, -0.2) is 0 Å². The normalized spacial score (nSPS) is 10.0. The molecule has 0 rings (SSSR count). The molecular weight excluding hydrogens is 334 g/mol. The van der Waals surface area contributed by atoms with Crippen LogP contribution in [0.25, 0.3) is 0 Å². The fraction of sp³-hybridized carbons (Fsp3) is 0.850. The van der Waals surface area contributed by atoms with Crippen LogP contribution >= 0.6 is 0 Å². The number of aliphatic carboxylic acids is 2. The van der Waals surface area contributed by atoms with Crippen LogP contribution in [0, 0.1) is 0 Å². The largest absolute Gasteiger partial charge is 0.481 e. The van der Waals surface area contributed by atoms with E-state index in [-0.39, 0.29) is 18.7 Å². The topological polar surface area (TPSA) is 118 Å². The number of amides is 1. The lowest BCUT2D eigenvalue weighted by Gasteiger charge is -2.02. The monoisotopic (exact) mass is 373 g/mol. The molecule has 6 heteroatoms. The fourth-order valence-electron chi connectivity index (χ4n) is 2.53. The van der Waals surface area contributed by atoms with E-state index in [1.54, 1.807) is 0 Å². The zero-order chi connectivity index (χ0) is 20.0. The molecule has 154 valence electrons. The van der Waals surface area contributed by atoms with Gasteiger partial charge in [0.15, 0.2) is 0 Å². The molecule has 0 heterocycles. The maximum Gasteiger partial charge on any atom is 0.303 e. The molecule has 0 aromatic heterocycles. The van der Waals surface area contributed by atoms with Crippen molar-refractivity contribution in [3.05, 3.63) is 0 Å². The maximum absolute atomic E-state index is 10.5. The predicted molar refractivity (Wildman–Crippen MR) is 104 cm³/mol. The number of primary amides is 1. The van der Waals surface area contributed by atoms with E-state index >= 15 is 0 Å². The minimum Gasteiger partial charge on any atom is -0.481 e. The van der Waals surface area contributed by atoms with Gasteiger partial charge in [0.2, 0.25) is 5.91 Å². The average molecular weight is 374 g/mol. The highest BCUT2D eigenvalue weighted by Gasteiger charge is 2.00. The summed E-state index contributed by atoms with van der Waals surface area (Å²) >= 11 is 0. The Kier molecular flexibility index (Phi) is 22.0. The van der Waals surface area contributed by atoms with Gasteiger partial charge in [0.1, 0.15) is 0 Å². The van der Waals surface area contributed by atoms with Crippen molar-refractivity contribution in [1.29, 1.82) is 0 Å². The summed E-state index contributed by atoms with van der Waals surface area (Å²) in [5, 5.41) is 15.8. The first-order chi connectivity index (χ1) is 12.4. The fourth-order valence-corrected chi connectivity index (χ4v) is 2.53. The quantitative estimate of drug-likeness (QED) is 0.314. The minimum absolute atomic E-state index is 0.155. The summed E-state index contributed by atoms with van der Waals surface area (Å²) in [6.07, 6.45) is 17.3. The van der Waals surface area contributed by atoms with Gasteiger partial charge in [0.25, 0.3) is 0 Å². The highest BCUT2D eigenvalue weighted by Crippen LogP contribution is 2.12. The third-order valence-corrected chi connectivity index (χ3v) is 4.08. The van der Waals surface area contributed by atoms with E-state index in [2.05, 4.69) is 6.92 Å². The van der Waals surface area contributed by atoms with Crippen molar-refractivity contribution in [3.63, 3.8) is 0 Å². The third kappa shape index (κ3) is 30.3. The third-order valence-electron chi connectivity index (χ3n) is 4.08. The van der Waals surface area contributed by atoms with Crippen molar-refractivity contribution < 1.29 is 24.6 Å². The number of carbonyl (C=O) groups excluding carboxylic acids is 1. The van der Waals surface area contributed by atoms with Crippen LogP contribution in [0.3, 0.4) is 0 Å². The van der Waals surface area contributed by atoms with Crippen LogP contribution < -0.4 is 5.73 Å². The Morgan fingerprint density at radius 1 is 0.577 bits per heavy atom. The minimum atomic E-state index is -1.08. The first-order valence-corrected chi connectivity index (χ1v) is 10.1. The van der Waals surface area contributed by atoms with Crippen LogP contribution in [-0.4, -0.2) is 28.1 Å². The lowest BCUT2D eigenvalue weighted by molar-refractivity contribution is -0.143. The molecule has 1 amide bonds. The molecule has 0 radical (unpaired) electrons. The van der Waals surface area contributed by atoms with Gasteiger partial charge in [-0.1, -0.05) is 84.0 Å². The van der Waals surface area contributed by atoms with Crippen LogP contribution in [0.2, 0.25) is 0 Å². The molecule has 0 spiro atoms. The number of hydrogen-bond donors (Lipinski definition) is 3. The van der Waals surface area contributed by atoms with Gasteiger partial charge in [-0.05, 0) is 6.42 Å². The first kappa shape index (κ1) is 26.6. The molecule has 0 unspecified atom stereocenters. The van der Waals surface area contributed by atoms with E-state index in [0.717, 1.165) is 6.42 Å². The summed E-state index contributed by atoms with van der Waals surface area (Å²) in [4.78, 5) is 29.8. The Labute approximate surface area is 158 Å². The number of hydrogen-bond acceptors (Lipinski definition) is 3. The number of nitrogens with two attached hydrogens (primary N) is 1. The lowest BCUT2D eigenvalue weighted by Crippen LogP contribution is -2.09. The summed E-state index contributed by atoms with van der Waals surface area (Å²) in [6.45, 7) is 2.27. The highest BCUT2D eigenvalue weighted by atomic mass is 16.4. The molecule has 0 saturated carbocycles. The second kappa shape index (κ2) is 21.5. The van der Waals surface area contributed by atoms with E-state index in [9.17, 15) is 14.4 Å². The molecule has 0 aromatic rings. The number of carboxylic acid groups (broad SMARTS) is 2. The summed E-state index contributed by atoms with van der Waals surface area (Å²) in [5.41, 5.74) is 5.09. The Morgan fingerprint density at radius 2 is 0.885 bits per heavy atom. The Bertz CT molecular complexity index is 344. The second-order valence-electron chi connectivity index (χ2n) is 6.75. The van der Waals surface area contributed by atoms with Crippen molar-refractivity contribution in [1.82, 2.24) is 0 Å². The maximum atomic E-state index is 10.5. The van der Waals surface area contributed by atoms with Gasteiger partial charge in [0, 0.05) is 6.42 Å². The van der Waals surface area contributed by atoms with Crippen molar-refractivity contribution >= 4 is 17.8 Å². The highest BCUT2D eigenvalue weighted by molar-refractivity contribution is 5.75. The van der Waals surface area contributed by atoms with Gasteiger partial charge >= 0.3 is 11.9 Å². The van der Waals surface area contributed by atoms with Gasteiger partial charge < -0.3 is 15.9 Å². The molecule has 0 saturated heterocycles. The molecule has 4 N–H and O–H groups in total. The Hall–Kier alpha value is -1.59. The molecular formula is C20H39NO5. The summed E-state index contributed by atoms with van der Waals surface area (Å²) in [7, 11) is 0. The van der Waals surface area contributed by atoms with Crippen molar-refractivity contribution in [2.75, 3.05) is 0 Å². The molecule has 0 fully saturated rings.